The molecule has 3 rings (SSSR count). The van der Waals surface area contributed by atoms with Crippen molar-refractivity contribution in [1.82, 2.24) is 0 Å². The number of nitrogens with zero attached hydrogens (tertiary/aromatic N) is 1. The van der Waals surface area contributed by atoms with Crippen molar-refractivity contribution < 1.29 is 14.0 Å². The largest absolute Gasteiger partial charge is 0.370 e. The zero-order valence-electron chi connectivity index (χ0n) is 14.5. The van der Waals surface area contributed by atoms with E-state index < -0.39 is 11.7 Å². The van der Waals surface area contributed by atoms with Crippen molar-refractivity contribution in [2.24, 2.45) is 5.73 Å². The molecule has 26 heavy (non-hydrogen) atoms. The quantitative estimate of drug-likeness (QED) is 0.865. The Morgan fingerprint density at radius 1 is 1.08 bits per heavy atom. The number of piperidine rings is 1. The molecule has 0 radical (unpaired) electrons. The van der Waals surface area contributed by atoms with Gasteiger partial charge in [-0.1, -0.05) is 18.2 Å². The maximum Gasteiger partial charge on any atom is 0.248 e. The highest BCUT2D eigenvalue weighted by Gasteiger charge is 2.18. The molecule has 1 heterocycles. The molecule has 2 amide bonds. The van der Waals surface area contributed by atoms with Gasteiger partial charge in [-0.3, -0.25) is 9.59 Å². The van der Waals surface area contributed by atoms with Crippen molar-refractivity contribution in [3.63, 3.8) is 0 Å². The number of primary amides is 1. The molecule has 1 aliphatic rings. The van der Waals surface area contributed by atoms with Crippen molar-refractivity contribution in [3.05, 3.63) is 59.4 Å². The lowest BCUT2D eigenvalue weighted by atomic mass is 10.1. The van der Waals surface area contributed by atoms with Crippen LogP contribution in [-0.2, 0) is 11.2 Å². The van der Waals surface area contributed by atoms with E-state index in [1.54, 1.807) is 30.3 Å². The Bertz CT molecular complexity index is 816. The second-order valence-electron chi connectivity index (χ2n) is 6.46. The van der Waals surface area contributed by atoms with E-state index in [4.69, 9.17) is 5.73 Å². The lowest BCUT2D eigenvalue weighted by Crippen LogP contribution is -2.30. The summed E-state index contributed by atoms with van der Waals surface area (Å²) in [5, 5.41) is 2.82. The Morgan fingerprint density at radius 3 is 2.50 bits per heavy atom. The molecular weight excluding hydrogens is 333 g/mol. The standard InChI is InChI=1S/C20H22FN3O2/c21-16-7-3-2-6-14(16)13-19(25)23-17-12-15(20(22)26)8-9-18(17)24-10-4-1-5-11-24/h2-3,6-9,12H,1,4-5,10-11,13H2,(H2,22,26)(H,23,25). The molecule has 0 bridgehead atoms. The van der Waals surface area contributed by atoms with Gasteiger partial charge >= 0.3 is 0 Å². The number of hydrogen-bond acceptors (Lipinski definition) is 3. The van der Waals surface area contributed by atoms with Gasteiger partial charge in [0.05, 0.1) is 17.8 Å². The third-order valence-electron chi connectivity index (χ3n) is 4.56. The predicted molar refractivity (Wildman–Crippen MR) is 99.8 cm³/mol. The van der Waals surface area contributed by atoms with Gasteiger partial charge < -0.3 is 16.0 Å². The van der Waals surface area contributed by atoms with Crippen LogP contribution in [-0.4, -0.2) is 24.9 Å². The molecule has 0 atom stereocenters. The van der Waals surface area contributed by atoms with Gasteiger partial charge in [0, 0.05) is 18.7 Å². The van der Waals surface area contributed by atoms with Crippen LogP contribution in [0, 0.1) is 5.82 Å². The van der Waals surface area contributed by atoms with E-state index in [9.17, 15) is 14.0 Å². The van der Waals surface area contributed by atoms with Gasteiger partial charge in [0.1, 0.15) is 5.82 Å². The summed E-state index contributed by atoms with van der Waals surface area (Å²) in [5.74, 6) is -1.31. The van der Waals surface area contributed by atoms with Crippen LogP contribution in [0.5, 0.6) is 0 Å². The molecule has 0 aromatic heterocycles. The summed E-state index contributed by atoms with van der Waals surface area (Å²) >= 11 is 0. The number of carbonyl (C=O) groups is 2. The Hall–Kier alpha value is -2.89. The maximum absolute atomic E-state index is 13.8. The van der Waals surface area contributed by atoms with Gasteiger partial charge in [-0.25, -0.2) is 4.39 Å². The first-order valence-electron chi connectivity index (χ1n) is 8.76. The molecule has 2 aromatic carbocycles. The molecular formula is C20H22FN3O2. The van der Waals surface area contributed by atoms with E-state index >= 15 is 0 Å². The number of anilines is 2. The van der Waals surface area contributed by atoms with Crippen LogP contribution in [0.25, 0.3) is 0 Å². The Kier molecular flexibility index (Phi) is 5.51. The molecule has 0 spiro atoms. The first kappa shape index (κ1) is 17.9. The first-order chi connectivity index (χ1) is 12.5. The van der Waals surface area contributed by atoms with Gasteiger partial charge in [-0.15, -0.1) is 0 Å². The number of halogens is 1. The van der Waals surface area contributed by atoms with Crippen LogP contribution in [0.2, 0.25) is 0 Å². The monoisotopic (exact) mass is 355 g/mol. The Morgan fingerprint density at radius 2 is 1.81 bits per heavy atom. The summed E-state index contributed by atoms with van der Waals surface area (Å²) in [6, 6.07) is 11.3. The normalized spacial score (nSPS) is 14.1. The Labute approximate surface area is 152 Å². The van der Waals surface area contributed by atoms with Crippen LogP contribution in [0.4, 0.5) is 15.8 Å². The SMILES string of the molecule is NC(=O)c1ccc(N2CCCCC2)c(NC(=O)Cc2ccccc2F)c1. The van der Waals surface area contributed by atoms with Gasteiger partial charge in [0.2, 0.25) is 11.8 Å². The second kappa shape index (κ2) is 7.99. The van der Waals surface area contributed by atoms with Crippen molar-refractivity contribution in [3.8, 4) is 0 Å². The van der Waals surface area contributed by atoms with Crippen molar-refractivity contribution >= 4 is 23.2 Å². The highest BCUT2D eigenvalue weighted by atomic mass is 19.1. The molecule has 6 heteroatoms. The van der Waals surface area contributed by atoms with Crippen LogP contribution < -0.4 is 16.0 Å². The van der Waals surface area contributed by atoms with E-state index in [0.29, 0.717) is 16.8 Å². The van der Waals surface area contributed by atoms with Gasteiger partial charge in [-0.2, -0.15) is 0 Å². The number of amides is 2. The van der Waals surface area contributed by atoms with Crippen LogP contribution in [0.15, 0.2) is 42.5 Å². The molecule has 0 aliphatic carbocycles. The summed E-state index contributed by atoms with van der Waals surface area (Å²) in [7, 11) is 0. The topological polar surface area (TPSA) is 75.4 Å². The van der Waals surface area contributed by atoms with Crippen LogP contribution in [0.3, 0.4) is 0 Å². The molecule has 1 aliphatic heterocycles. The zero-order valence-corrected chi connectivity index (χ0v) is 14.5. The third kappa shape index (κ3) is 4.20. The number of nitrogens with one attached hydrogen (secondary N) is 1. The van der Waals surface area contributed by atoms with Crippen LogP contribution in [0.1, 0.15) is 35.2 Å². The fraction of sp³-hybridized carbons (Fsp3) is 0.300. The highest BCUT2D eigenvalue weighted by molar-refractivity contribution is 5.99. The first-order valence-corrected chi connectivity index (χ1v) is 8.76. The van der Waals surface area contributed by atoms with Gasteiger partial charge in [0.15, 0.2) is 0 Å². The van der Waals surface area contributed by atoms with E-state index in [0.717, 1.165) is 31.6 Å². The van der Waals surface area contributed by atoms with Crippen molar-refractivity contribution in [2.45, 2.75) is 25.7 Å². The molecule has 3 N–H and O–H groups in total. The summed E-state index contributed by atoms with van der Waals surface area (Å²) in [5.41, 5.74) is 7.42. The summed E-state index contributed by atoms with van der Waals surface area (Å²) < 4.78 is 13.8. The second-order valence-corrected chi connectivity index (χ2v) is 6.46. The Balaban J connectivity index is 1.84. The zero-order chi connectivity index (χ0) is 18.5. The average Bonchev–Trinajstić information content (AvgIpc) is 2.64. The third-order valence-corrected chi connectivity index (χ3v) is 4.56. The number of nitrogens with two attached hydrogens (primary N) is 1. The fourth-order valence-electron chi connectivity index (χ4n) is 3.21. The number of hydrogen-bond donors (Lipinski definition) is 2. The van der Waals surface area contributed by atoms with Gasteiger partial charge in [-0.05, 0) is 49.1 Å². The minimum absolute atomic E-state index is 0.0765. The van der Waals surface area contributed by atoms with E-state index in [-0.39, 0.29) is 12.3 Å². The molecule has 5 nitrogen and oxygen atoms in total. The number of benzene rings is 2. The molecule has 1 saturated heterocycles. The summed E-state index contributed by atoms with van der Waals surface area (Å²) in [6.45, 7) is 1.79. The smallest absolute Gasteiger partial charge is 0.248 e. The van der Waals surface area contributed by atoms with Crippen LogP contribution >= 0.6 is 0 Å². The lowest BCUT2D eigenvalue weighted by Gasteiger charge is -2.30. The van der Waals surface area contributed by atoms with E-state index in [1.807, 2.05) is 6.07 Å². The fourth-order valence-corrected chi connectivity index (χ4v) is 3.21. The molecule has 2 aromatic rings. The number of rotatable bonds is 5. The molecule has 136 valence electrons. The van der Waals surface area contributed by atoms with E-state index in [2.05, 4.69) is 10.2 Å². The predicted octanol–water partition coefficient (Wildman–Crippen LogP) is 3.10. The lowest BCUT2D eigenvalue weighted by molar-refractivity contribution is -0.115. The van der Waals surface area contributed by atoms with Crippen molar-refractivity contribution in [1.29, 1.82) is 0 Å². The van der Waals surface area contributed by atoms with E-state index in [1.165, 1.54) is 12.5 Å². The highest BCUT2D eigenvalue weighted by Crippen LogP contribution is 2.30. The summed E-state index contributed by atoms with van der Waals surface area (Å²) in [6.07, 6.45) is 3.28. The summed E-state index contributed by atoms with van der Waals surface area (Å²) in [4.78, 5) is 26.1. The average molecular weight is 355 g/mol. The minimum atomic E-state index is -0.556. The number of carbonyl (C=O) groups excluding carboxylic acids is 2. The van der Waals surface area contributed by atoms with Gasteiger partial charge in [0.25, 0.3) is 0 Å². The molecule has 1 fully saturated rings. The molecule has 0 unspecified atom stereocenters. The molecule has 0 saturated carbocycles. The maximum atomic E-state index is 13.8. The van der Waals surface area contributed by atoms with Crippen molar-refractivity contribution in [2.75, 3.05) is 23.3 Å². The minimum Gasteiger partial charge on any atom is -0.370 e.